The van der Waals surface area contributed by atoms with Crippen LogP contribution in [-0.4, -0.2) is 18.1 Å². The first-order chi connectivity index (χ1) is 7.70. The molecule has 0 spiro atoms. The van der Waals surface area contributed by atoms with E-state index in [-0.39, 0.29) is 0 Å². The number of fused-ring (bicyclic) bond motifs is 1. The second-order valence-electron chi connectivity index (χ2n) is 3.70. The van der Waals surface area contributed by atoms with E-state index in [2.05, 4.69) is 10.3 Å². The largest absolute Gasteiger partial charge is 0.369 e. The number of nitrogens with zero attached hydrogens (tertiary/aromatic N) is 1. The summed E-state index contributed by atoms with van der Waals surface area (Å²) < 4.78 is 0. The van der Waals surface area contributed by atoms with E-state index in [9.17, 15) is 0 Å². The second-order valence-corrected chi connectivity index (χ2v) is 4.14. The molecular weight excluding hydrogens is 222 g/mol. The maximum Gasteiger partial charge on any atom is 0.126 e. The van der Waals surface area contributed by atoms with Gasteiger partial charge in [0.05, 0.1) is 5.52 Å². The Morgan fingerprint density at radius 1 is 1.38 bits per heavy atom. The number of halogens is 1. The van der Waals surface area contributed by atoms with E-state index in [1.807, 2.05) is 31.2 Å². The molecule has 16 heavy (non-hydrogen) atoms. The van der Waals surface area contributed by atoms with Crippen molar-refractivity contribution in [3.05, 3.63) is 34.9 Å². The summed E-state index contributed by atoms with van der Waals surface area (Å²) in [6.45, 7) is 3.37. The molecule has 0 saturated carbocycles. The van der Waals surface area contributed by atoms with Crippen LogP contribution < -0.4 is 11.1 Å². The lowest BCUT2D eigenvalue weighted by molar-refractivity contribution is 1.01. The fourth-order valence-corrected chi connectivity index (χ4v) is 1.83. The summed E-state index contributed by atoms with van der Waals surface area (Å²) in [6.07, 6.45) is 0. The van der Waals surface area contributed by atoms with Crippen LogP contribution in [0, 0.1) is 6.92 Å². The van der Waals surface area contributed by atoms with Crippen molar-refractivity contribution in [1.29, 1.82) is 0 Å². The van der Waals surface area contributed by atoms with Crippen LogP contribution in [0.4, 0.5) is 5.82 Å². The molecule has 1 aromatic heterocycles. The fourth-order valence-electron chi connectivity index (χ4n) is 1.66. The van der Waals surface area contributed by atoms with Gasteiger partial charge in [0.2, 0.25) is 0 Å². The number of aryl methyl sites for hydroxylation is 1. The Kier molecular flexibility index (Phi) is 3.27. The molecule has 0 amide bonds. The van der Waals surface area contributed by atoms with Crippen molar-refractivity contribution in [2.75, 3.05) is 18.4 Å². The van der Waals surface area contributed by atoms with Crippen molar-refractivity contribution < 1.29 is 0 Å². The number of rotatable bonds is 3. The molecule has 0 aliphatic carbocycles. The Balaban J connectivity index is 2.46. The average Bonchev–Trinajstić information content (AvgIpc) is 2.27. The van der Waals surface area contributed by atoms with Crippen LogP contribution in [0.1, 0.15) is 5.56 Å². The summed E-state index contributed by atoms with van der Waals surface area (Å²) in [7, 11) is 0. The van der Waals surface area contributed by atoms with Gasteiger partial charge < -0.3 is 11.1 Å². The number of nitrogens with two attached hydrogens (primary N) is 1. The third-order valence-corrected chi connectivity index (χ3v) is 2.66. The van der Waals surface area contributed by atoms with Gasteiger partial charge in [0.1, 0.15) is 5.82 Å². The molecule has 1 aromatic carbocycles. The van der Waals surface area contributed by atoms with Crippen LogP contribution >= 0.6 is 11.6 Å². The number of pyridine rings is 1. The summed E-state index contributed by atoms with van der Waals surface area (Å²) in [5.74, 6) is 0.859. The predicted molar refractivity (Wildman–Crippen MR) is 69.0 cm³/mol. The molecule has 0 bridgehead atoms. The molecule has 4 heteroatoms. The minimum Gasteiger partial charge on any atom is -0.369 e. The van der Waals surface area contributed by atoms with Crippen molar-refractivity contribution in [1.82, 2.24) is 4.98 Å². The molecular formula is C12H14ClN3. The number of nitrogens with one attached hydrogen (secondary N) is 1. The lowest BCUT2D eigenvalue weighted by Gasteiger charge is -2.08. The van der Waals surface area contributed by atoms with Gasteiger partial charge in [-0.3, -0.25) is 0 Å². The summed E-state index contributed by atoms with van der Waals surface area (Å²) in [5.41, 5.74) is 7.55. The maximum absolute atomic E-state index is 5.95. The normalized spacial score (nSPS) is 10.7. The first-order valence-electron chi connectivity index (χ1n) is 5.21. The van der Waals surface area contributed by atoms with E-state index in [1.54, 1.807) is 0 Å². The first-order valence-corrected chi connectivity index (χ1v) is 5.59. The van der Waals surface area contributed by atoms with Crippen LogP contribution in [0.5, 0.6) is 0 Å². The molecule has 0 radical (unpaired) electrons. The number of hydrogen-bond donors (Lipinski definition) is 2. The van der Waals surface area contributed by atoms with Gasteiger partial charge in [-0.25, -0.2) is 4.98 Å². The van der Waals surface area contributed by atoms with E-state index < -0.39 is 0 Å². The molecule has 3 N–H and O–H groups in total. The van der Waals surface area contributed by atoms with Gasteiger partial charge in [-0.2, -0.15) is 0 Å². The molecule has 2 rings (SSSR count). The first kappa shape index (κ1) is 11.2. The zero-order valence-electron chi connectivity index (χ0n) is 9.13. The molecule has 0 atom stereocenters. The molecule has 0 aliphatic rings. The van der Waals surface area contributed by atoms with Gasteiger partial charge in [0.15, 0.2) is 0 Å². The van der Waals surface area contributed by atoms with E-state index in [0.717, 1.165) is 33.9 Å². The zero-order valence-corrected chi connectivity index (χ0v) is 9.88. The minimum atomic E-state index is 0.597. The van der Waals surface area contributed by atoms with E-state index >= 15 is 0 Å². The fraction of sp³-hybridized carbons (Fsp3) is 0.250. The maximum atomic E-state index is 5.95. The molecule has 84 valence electrons. The van der Waals surface area contributed by atoms with Gasteiger partial charge in [0, 0.05) is 23.5 Å². The highest BCUT2D eigenvalue weighted by Crippen LogP contribution is 2.23. The smallest absolute Gasteiger partial charge is 0.126 e. The molecule has 0 unspecified atom stereocenters. The van der Waals surface area contributed by atoms with Crippen molar-refractivity contribution in [3.8, 4) is 0 Å². The van der Waals surface area contributed by atoms with E-state index in [0.29, 0.717) is 6.54 Å². The summed E-state index contributed by atoms with van der Waals surface area (Å²) in [4.78, 5) is 4.49. The van der Waals surface area contributed by atoms with E-state index in [1.165, 1.54) is 0 Å². The van der Waals surface area contributed by atoms with Gasteiger partial charge in [-0.15, -0.1) is 0 Å². The highest BCUT2D eigenvalue weighted by atomic mass is 35.5. The third-order valence-electron chi connectivity index (χ3n) is 2.43. The van der Waals surface area contributed by atoms with Crippen LogP contribution in [-0.2, 0) is 0 Å². The Morgan fingerprint density at radius 2 is 2.19 bits per heavy atom. The van der Waals surface area contributed by atoms with Crippen molar-refractivity contribution in [3.63, 3.8) is 0 Å². The molecule has 0 saturated heterocycles. The van der Waals surface area contributed by atoms with Crippen LogP contribution in [0.2, 0.25) is 5.02 Å². The van der Waals surface area contributed by atoms with Gasteiger partial charge in [0.25, 0.3) is 0 Å². The predicted octanol–water partition coefficient (Wildman–Crippen LogP) is 2.57. The van der Waals surface area contributed by atoms with Crippen molar-refractivity contribution in [2.24, 2.45) is 5.73 Å². The quantitative estimate of drug-likeness (QED) is 0.860. The molecule has 2 aromatic rings. The monoisotopic (exact) mass is 235 g/mol. The van der Waals surface area contributed by atoms with E-state index in [4.69, 9.17) is 17.3 Å². The van der Waals surface area contributed by atoms with Crippen LogP contribution in [0.25, 0.3) is 10.9 Å². The third kappa shape index (κ3) is 2.26. The Bertz CT molecular complexity index is 511. The summed E-state index contributed by atoms with van der Waals surface area (Å²) >= 11 is 5.95. The van der Waals surface area contributed by atoms with Crippen LogP contribution in [0.3, 0.4) is 0 Å². The minimum absolute atomic E-state index is 0.597. The van der Waals surface area contributed by atoms with Crippen molar-refractivity contribution in [2.45, 2.75) is 6.92 Å². The average molecular weight is 236 g/mol. The molecule has 3 nitrogen and oxygen atoms in total. The molecule has 0 aliphatic heterocycles. The molecule has 0 fully saturated rings. The van der Waals surface area contributed by atoms with Gasteiger partial charge >= 0.3 is 0 Å². The highest BCUT2D eigenvalue weighted by Gasteiger charge is 2.02. The topological polar surface area (TPSA) is 50.9 Å². The summed E-state index contributed by atoms with van der Waals surface area (Å²) in [5, 5.41) is 5.00. The van der Waals surface area contributed by atoms with Gasteiger partial charge in [-0.1, -0.05) is 11.6 Å². The number of anilines is 1. The number of hydrogen-bond acceptors (Lipinski definition) is 3. The van der Waals surface area contributed by atoms with Crippen LogP contribution in [0.15, 0.2) is 24.3 Å². The Hall–Kier alpha value is -1.32. The van der Waals surface area contributed by atoms with Gasteiger partial charge in [-0.05, 0) is 36.8 Å². The zero-order chi connectivity index (χ0) is 11.5. The molecule has 1 heterocycles. The Morgan fingerprint density at radius 3 is 2.94 bits per heavy atom. The standard InChI is InChI=1S/C12H14ClN3/c1-8-6-12(15-5-4-14)16-11-3-2-9(13)7-10(8)11/h2-3,6-7H,4-5,14H2,1H3,(H,15,16). The van der Waals surface area contributed by atoms with Crippen molar-refractivity contribution >= 4 is 28.3 Å². The number of benzene rings is 1. The summed E-state index contributed by atoms with van der Waals surface area (Å²) in [6, 6.07) is 7.72. The highest BCUT2D eigenvalue weighted by molar-refractivity contribution is 6.31. The second kappa shape index (κ2) is 4.68. The lowest BCUT2D eigenvalue weighted by atomic mass is 10.1. The lowest BCUT2D eigenvalue weighted by Crippen LogP contribution is -2.13. The number of aromatic nitrogens is 1. The SMILES string of the molecule is Cc1cc(NCCN)nc2ccc(Cl)cc12. The Labute approximate surface area is 99.6 Å².